The molecule has 2 unspecified atom stereocenters. The lowest BCUT2D eigenvalue weighted by Gasteiger charge is -2.39. The van der Waals surface area contributed by atoms with Crippen LogP contribution in [0.15, 0.2) is 0 Å². The van der Waals surface area contributed by atoms with E-state index in [9.17, 15) is 13.2 Å². The van der Waals surface area contributed by atoms with Crippen LogP contribution in [0.25, 0.3) is 0 Å². The van der Waals surface area contributed by atoms with E-state index in [2.05, 4.69) is 36.9 Å². The Balaban J connectivity index is 0. The van der Waals surface area contributed by atoms with Gasteiger partial charge in [0.25, 0.3) is 0 Å². The van der Waals surface area contributed by atoms with Gasteiger partial charge in [-0.2, -0.15) is 13.2 Å². The molecule has 6 heteroatoms. The van der Waals surface area contributed by atoms with Gasteiger partial charge in [-0.3, -0.25) is 0 Å². The number of hydrogen-bond acceptors (Lipinski definition) is 1. The molecule has 0 radical (unpaired) electrons. The lowest BCUT2D eigenvalue weighted by atomic mass is 9.77. The molecule has 0 saturated heterocycles. The molecule has 0 aliphatic rings. The van der Waals surface area contributed by atoms with Gasteiger partial charge in [-0.1, -0.05) is 91.9 Å². The van der Waals surface area contributed by atoms with Crippen molar-refractivity contribution in [2.24, 2.45) is 5.92 Å². The maximum atomic E-state index is 10.6. The smallest absolute Gasteiger partial charge is 0.475 e. The van der Waals surface area contributed by atoms with Crippen LogP contribution < -0.4 is 0 Å². The largest absolute Gasteiger partial charge is 0.490 e. The molecule has 0 spiro atoms. The van der Waals surface area contributed by atoms with Crippen LogP contribution in [0.5, 0.6) is 0 Å². The number of rotatable bonds is 15. The molecule has 2 atom stereocenters. The van der Waals surface area contributed by atoms with Gasteiger partial charge in [0, 0.05) is 0 Å². The molecular formula is C22H44F3O2P. The van der Waals surface area contributed by atoms with Crippen LogP contribution >= 0.6 is 9.24 Å². The van der Waals surface area contributed by atoms with Crippen molar-refractivity contribution in [1.82, 2.24) is 0 Å². The molecule has 0 aliphatic heterocycles. The highest BCUT2D eigenvalue weighted by atomic mass is 31.0. The molecule has 28 heavy (non-hydrogen) atoms. The van der Waals surface area contributed by atoms with Crippen molar-refractivity contribution < 1.29 is 23.1 Å². The first-order valence-corrected chi connectivity index (χ1v) is 11.8. The SMILES string of the molecule is CCCCCCC(CCCC)C(P)(CCCC)CCCC.O=C(O)C(F)(F)F. The first kappa shape index (κ1) is 29.9. The van der Waals surface area contributed by atoms with Crippen LogP contribution in [0.4, 0.5) is 13.2 Å². The van der Waals surface area contributed by atoms with Crippen LogP contribution in [0.1, 0.15) is 118 Å². The van der Waals surface area contributed by atoms with Crippen LogP contribution in [0, 0.1) is 5.92 Å². The van der Waals surface area contributed by atoms with E-state index in [1.807, 2.05) is 0 Å². The van der Waals surface area contributed by atoms with E-state index >= 15 is 0 Å². The molecule has 0 amide bonds. The number of carboxylic acids is 1. The van der Waals surface area contributed by atoms with E-state index in [0.29, 0.717) is 5.16 Å². The topological polar surface area (TPSA) is 37.3 Å². The van der Waals surface area contributed by atoms with Crippen molar-refractivity contribution in [3.05, 3.63) is 0 Å². The Hall–Kier alpha value is -0.310. The number of unbranched alkanes of at least 4 members (excludes halogenated alkanes) is 6. The summed E-state index contributed by atoms with van der Waals surface area (Å²) in [7, 11) is 3.35. The summed E-state index contributed by atoms with van der Waals surface area (Å²) in [5.74, 6) is -1.81. The third-order valence-electron chi connectivity index (χ3n) is 5.36. The number of carboxylic acid groups (broad SMARTS) is 1. The van der Waals surface area contributed by atoms with Crippen LogP contribution in [0.3, 0.4) is 0 Å². The molecule has 0 saturated carbocycles. The van der Waals surface area contributed by atoms with E-state index in [1.54, 1.807) is 0 Å². The second kappa shape index (κ2) is 17.5. The zero-order valence-corrected chi connectivity index (χ0v) is 19.7. The van der Waals surface area contributed by atoms with Gasteiger partial charge in [-0.25, -0.2) is 4.79 Å². The number of aliphatic carboxylic acids is 1. The van der Waals surface area contributed by atoms with Crippen molar-refractivity contribution in [1.29, 1.82) is 0 Å². The highest BCUT2D eigenvalue weighted by Crippen LogP contribution is 2.43. The average molecular weight is 429 g/mol. The fraction of sp³-hybridized carbons (Fsp3) is 0.955. The Kier molecular flexibility index (Phi) is 18.7. The molecule has 0 rings (SSSR count). The summed E-state index contributed by atoms with van der Waals surface area (Å²) in [5.41, 5.74) is 0. The summed E-state index contributed by atoms with van der Waals surface area (Å²) in [5, 5.41) is 7.66. The van der Waals surface area contributed by atoms with E-state index in [0.717, 1.165) is 5.92 Å². The Morgan fingerprint density at radius 2 is 1.18 bits per heavy atom. The van der Waals surface area contributed by atoms with Gasteiger partial charge in [0.15, 0.2) is 0 Å². The van der Waals surface area contributed by atoms with Gasteiger partial charge in [0.05, 0.1) is 0 Å². The molecular weight excluding hydrogens is 384 g/mol. The summed E-state index contributed by atoms with van der Waals surface area (Å²) in [6.07, 6.45) is 14.7. The molecule has 0 heterocycles. The first-order valence-electron chi connectivity index (χ1n) is 11.2. The molecule has 0 bridgehead atoms. The molecule has 170 valence electrons. The minimum atomic E-state index is -5.08. The predicted molar refractivity (Wildman–Crippen MR) is 117 cm³/mol. The molecule has 0 aromatic rings. The number of hydrogen-bond donors (Lipinski definition) is 1. The average Bonchev–Trinajstić information content (AvgIpc) is 2.63. The molecule has 0 fully saturated rings. The van der Waals surface area contributed by atoms with Gasteiger partial charge in [0.2, 0.25) is 0 Å². The normalized spacial score (nSPS) is 13.0. The Morgan fingerprint density at radius 1 is 0.786 bits per heavy atom. The number of carbonyl (C=O) groups is 1. The van der Waals surface area contributed by atoms with Crippen molar-refractivity contribution >= 4 is 15.2 Å². The van der Waals surface area contributed by atoms with E-state index in [1.165, 1.54) is 89.9 Å². The zero-order chi connectivity index (χ0) is 22.1. The zero-order valence-electron chi connectivity index (χ0n) is 18.5. The Morgan fingerprint density at radius 3 is 1.54 bits per heavy atom. The standard InChI is InChI=1S/C20H43P.C2HF3O2/c1-5-9-13-14-16-19(15-10-6-2)20(21,17-11-7-3)18-12-8-4;3-2(4,5)1(6)7/h19H,5-18,21H2,1-4H3;(H,6,7). The molecule has 1 N–H and O–H groups in total. The molecule has 0 aliphatic carbocycles. The monoisotopic (exact) mass is 428 g/mol. The van der Waals surface area contributed by atoms with Gasteiger partial charge in [0.1, 0.15) is 0 Å². The number of alkyl halides is 3. The molecule has 2 nitrogen and oxygen atoms in total. The van der Waals surface area contributed by atoms with Crippen molar-refractivity contribution in [3.63, 3.8) is 0 Å². The third-order valence-corrected chi connectivity index (χ3v) is 6.41. The lowest BCUT2D eigenvalue weighted by molar-refractivity contribution is -0.192. The fourth-order valence-electron chi connectivity index (χ4n) is 3.53. The highest BCUT2D eigenvalue weighted by molar-refractivity contribution is 7.19. The number of halogens is 3. The first-order chi connectivity index (χ1) is 13.1. The van der Waals surface area contributed by atoms with Gasteiger partial charge in [-0.05, 0) is 36.8 Å². The summed E-state index contributed by atoms with van der Waals surface area (Å²) in [6, 6.07) is 0. The third kappa shape index (κ3) is 15.6. The maximum absolute atomic E-state index is 10.6. The lowest BCUT2D eigenvalue weighted by Crippen LogP contribution is -2.32. The minimum Gasteiger partial charge on any atom is -0.475 e. The quantitative estimate of drug-likeness (QED) is 0.210. The van der Waals surface area contributed by atoms with Crippen LogP contribution in [-0.2, 0) is 4.79 Å². The summed E-state index contributed by atoms with van der Waals surface area (Å²) in [6.45, 7) is 9.34. The van der Waals surface area contributed by atoms with E-state index in [4.69, 9.17) is 9.90 Å². The minimum absolute atomic E-state index is 0.535. The second-order valence-corrected chi connectivity index (χ2v) is 9.08. The van der Waals surface area contributed by atoms with Crippen molar-refractivity contribution in [2.75, 3.05) is 0 Å². The summed E-state index contributed by atoms with van der Waals surface area (Å²) < 4.78 is 31.7. The summed E-state index contributed by atoms with van der Waals surface area (Å²) in [4.78, 5) is 8.90. The maximum Gasteiger partial charge on any atom is 0.490 e. The summed E-state index contributed by atoms with van der Waals surface area (Å²) >= 11 is 0. The van der Waals surface area contributed by atoms with Crippen molar-refractivity contribution in [3.8, 4) is 0 Å². The van der Waals surface area contributed by atoms with Gasteiger partial charge >= 0.3 is 12.1 Å². The van der Waals surface area contributed by atoms with Crippen LogP contribution in [0.2, 0.25) is 0 Å². The Labute approximate surface area is 173 Å². The predicted octanol–water partition coefficient (Wildman–Crippen LogP) is 8.39. The molecule has 0 aromatic carbocycles. The van der Waals surface area contributed by atoms with Crippen LogP contribution in [-0.4, -0.2) is 22.4 Å². The van der Waals surface area contributed by atoms with E-state index < -0.39 is 12.1 Å². The van der Waals surface area contributed by atoms with Crippen molar-refractivity contribution in [2.45, 2.75) is 129 Å². The Bertz CT molecular complexity index is 365. The fourth-order valence-corrected chi connectivity index (χ4v) is 4.27. The highest BCUT2D eigenvalue weighted by Gasteiger charge is 2.38. The van der Waals surface area contributed by atoms with Gasteiger partial charge < -0.3 is 5.11 Å². The molecule has 0 aromatic heterocycles. The van der Waals surface area contributed by atoms with E-state index in [-0.39, 0.29) is 0 Å². The van der Waals surface area contributed by atoms with Gasteiger partial charge in [-0.15, -0.1) is 9.24 Å². The second-order valence-electron chi connectivity index (χ2n) is 7.93.